The van der Waals surface area contributed by atoms with Gasteiger partial charge in [-0.05, 0) is 49.2 Å². The average Bonchev–Trinajstić information content (AvgIpc) is 3.07. The monoisotopic (exact) mass is 406 g/mol. The van der Waals surface area contributed by atoms with Crippen molar-refractivity contribution in [3.05, 3.63) is 79.5 Å². The standard InChI is InChI=1S/C23H18O7/c1-10-4-6-12-14(8-10)28-21(25)17(19(12)24)16-18-20(30-23(16)27-3)13-7-5-11(2)9-15(13)29-22(18)26/h4-9,16,23-24H,1-3H3. The Morgan fingerprint density at radius 3 is 2.07 bits per heavy atom. The van der Waals surface area contributed by atoms with Gasteiger partial charge in [-0.1, -0.05) is 12.1 Å². The van der Waals surface area contributed by atoms with Crippen molar-refractivity contribution in [2.75, 3.05) is 7.11 Å². The number of methoxy groups -OCH3 is 1. The molecular weight excluding hydrogens is 388 g/mol. The van der Waals surface area contributed by atoms with Crippen molar-refractivity contribution in [1.82, 2.24) is 0 Å². The van der Waals surface area contributed by atoms with Gasteiger partial charge < -0.3 is 23.4 Å². The Labute approximate surface area is 170 Å². The number of ether oxygens (including phenoxy) is 2. The average molecular weight is 406 g/mol. The third-order valence-electron chi connectivity index (χ3n) is 5.48. The van der Waals surface area contributed by atoms with Crippen LogP contribution in [0.1, 0.15) is 28.2 Å². The second-order valence-corrected chi connectivity index (χ2v) is 7.48. The van der Waals surface area contributed by atoms with E-state index >= 15 is 0 Å². The number of fused-ring (bicyclic) bond motifs is 4. The maximum Gasteiger partial charge on any atom is 0.344 e. The number of benzene rings is 2. The summed E-state index contributed by atoms with van der Waals surface area (Å²) in [4.78, 5) is 25.8. The normalized spacial score (nSPS) is 18.0. The van der Waals surface area contributed by atoms with Gasteiger partial charge in [-0.15, -0.1) is 0 Å². The lowest BCUT2D eigenvalue weighted by Gasteiger charge is -2.17. The Hall–Kier alpha value is -3.58. The van der Waals surface area contributed by atoms with E-state index in [1.807, 2.05) is 19.9 Å². The van der Waals surface area contributed by atoms with Gasteiger partial charge in [0, 0.05) is 7.11 Å². The van der Waals surface area contributed by atoms with E-state index in [4.69, 9.17) is 18.3 Å². The third kappa shape index (κ3) is 2.55. The summed E-state index contributed by atoms with van der Waals surface area (Å²) in [5.41, 5.74) is 1.03. The van der Waals surface area contributed by atoms with Crippen LogP contribution in [0.3, 0.4) is 0 Å². The van der Waals surface area contributed by atoms with Crippen LogP contribution in [-0.4, -0.2) is 18.5 Å². The number of aryl methyl sites for hydroxylation is 2. The molecule has 1 aliphatic heterocycles. The molecule has 0 saturated carbocycles. The zero-order chi connectivity index (χ0) is 21.2. The molecule has 2 aromatic heterocycles. The number of aromatic hydroxyl groups is 1. The maximum absolute atomic E-state index is 12.9. The van der Waals surface area contributed by atoms with Crippen LogP contribution >= 0.6 is 0 Å². The van der Waals surface area contributed by atoms with Crippen LogP contribution in [0.5, 0.6) is 11.5 Å². The number of rotatable bonds is 2. The lowest BCUT2D eigenvalue weighted by atomic mass is 9.91. The Kier molecular flexibility index (Phi) is 3.98. The van der Waals surface area contributed by atoms with Gasteiger partial charge in [-0.3, -0.25) is 0 Å². The Balaban J connectivity index is 1.83. The fourth-order valence-electron chi connectivity index (χ4n) is 4.05. The minimum atomic E-state index is -1.01. The highest BCUT2D eigenvalue weighted by molar-refractivity contribution is 5.88. The summed E-state index contributed by atoms with van der Waals surface area (Å²) in [6, 6.07) is 10.5. The number of hydrogen-bond acceptors (Lipinski definition) is 7. The van der Waals surface area contributed by atoms with Crippen molar-refractivity contribution >= 4 is 21.9 Å². The molecule has 7 heteroatoms. The van der Waals surface area contributed by atoms with Gasteiger partial charge in [0.1, 0.15) is 22.7 Å². The highest BCUT2D eigenvalue weighted by Crippen LogP contribution is 2.46. The second-order valence-electron chi connectivity index (χ2n) is 7.48. The Morgan fingerprint density at radius 1 is 0.867 bits per heavy atom. The second kappa shape index (κ2) is 6.47. The van der Waals surface area contributed by atoms with E-state index in [-0.39, 0.29) is 28.2 Å². The van der Waals surface area contributed by atoms with Gasteiger partial charge in [-0.25, -0.2) is 9.59 Å². The van der Waals surface area contributed by atoms with Crippen molar-refractivity contribution in [3.8, 4) is 11.5 Å². The molecule has 0 fully saturated rings. The van der Waals surface area contributed by atoms with E-state index in [2.05, 4.69) is 0 Å². The van der Waals surface area contributed by atoms with E-state index in [1.165, 1.54) is 7.11 Å². The molecule has 0 saturated heterocycles. The number of hydrogen-bond donors (Lipinski definition) is 1. The van der Waals surface area contributed by atoms with Crippen LogP contribution < -0.4 is 16.0 Å². The molecule has 4 aromatic rings. The molecule has 0 aliphatic carbocycles. The van der Waals surface area contributed by atoms with Crippen LogP contribution in [0.2, 0.25) is 0 Å². The minimum Gasteiger partial charge on any atom is -0.507 e. The first-order chi connectivity index (χ1) is 14.4. The van der Waals surface area contributed by atoms with Crippen LogP contribution in [0, 0.1) is 13.8 Å². The summed E-state index contributed by atoms with van der Waals surface area (Å²) in [7, 11) is 1.40. The van der Waals surface area contributed by atoms with Gasteiger partial charge in [-0.2, -0.15) is 0 Å². The van der Waals surface area contributed by atoms with Gasteiger partial charge in [0.05, 0.1) is 27.8 Å². The molecule has 30 heavy (non-hydrogen) atoms. The highest BCUT2D eigenvalue weighted by atomic mass is 16.7. The third-order valence-corrected chi connectivity index (χ3v) is 5.48. The fraction of sp³-hybridized carbons (Fsp3) is 0.217. The van der Waals surface area contributed by atoms with Crippen molar-refractivity contribution < 1.29 is 23.4 Å². The van der Waals surface area contributed by atoms with Crippen LogP contribution in [0.4, 0.5) is 0 Å². The fourth-order valence-corrected chi connectivity index (χ4v) is 4.05. The minimum absolute atomic E-state index is 0.101. The Bertz CT molecular complexity index is 1440. The largest absolute Gasteiger partial charge is 0.507 e. The molecule has 1 N–H and O–H groups in total. The van der Waals surface area contributed by atoms with Crippen molar-refractivity contribution in [2.24, 2.45) is 0 Å². The first kappa shape index (κ1) is 18.4. The zero-order valence-corrected chi connectivity index (χ0v) is 16.5. The summed E-state index contributed by atoms with van der Waals surface area (Å²) in [6.07, 6.45) is -1.01. The smallest absolute Gasteiger partial charge is 0.344 e. The van der Waals surface area contributed by atoms with Gasteiger partial charge in [0.15, 0.2) is 0 Å². The Morgan fingerprint density at radius 2 is 1.43 bits per heavy atom. The lowest BCUT2D eigenvalue weighted by molar-refractivity contribution is -0.0472. The molecule has 3 heterocycles. The van der Waals surface area contributed by atoms with Crippen molar-refractivity contribution in [1.29, 1.82) is 0 Å². The van der Waals surface area contributed by atoms with Crippen molar-refractivity contribution in [2.45, 2.75) is 26.1 Å². The van der Waals surface area contributed by atoms with E-state index in [1.54, 1.807) is 30.3 Å². The summed E-state index contributed by atoms with van der Waals surface area (Å²) in [6.45, 7) is 3.73. The quantitative estimate of drug-likeness (QED) is 0.507. The van der Waals surface area contributed by atoms with Gasteiger partial charge >= 0.3 is 11.3 Å². The zero-order valence-electron chi connectivity index (χ0n) is 16.5. The SMILES string of the molecule is COC1Oc2c(c(=O)oc3cc(C)ccc23)C1c1c(O)c2ccc(C)cc2oc1=O. The molecule has 1 aliphatic rings. The molecule has 7 nitrogen and oxygen atoms in total. The van der Waals surface area contributed by atoms with Gasteiger partial charge in [0.2, 0.25) is 6.29 Å². The predicted octanol–water partition coefficient (Wildman–Crippen LogP) is 3.72. The molecule has 2 aromatic carbocycles. The van der Waals surface area contributed by atoms with Crippen molar-refractivity contribution in [3.63, 3.8) is 0 Å². The topological polar surface area (TPSA) is 99.1 Å². The molecule has 0 spiro atoms. The van der Waals surface area contributed by atoms with E-state index < -0.39 is 23.5 Å². The molecule has 2 atom stereocenters. The van der Waals surface area contributed by atoms with Crippen LogP contribution in [0.25, 0.3) is 21.9 Å². The summed E-state index contributed by atoms with van der Waals surface area (Å²) >= 11 is 0. The molecule has 0 radical (unpaired) electrons. The van der Waals surface area contributed by atoms with Crippen LogP contribution in [-0.2, 0) is 4.74 Å². The summed E-state index contributed by atoms with van der Waals surface area (Å²) in [5, 5.41) is 11.9. The summed E-state index contributed by atoms with van der Waals surface area (Å²) in [5.74, 6) is -0.997. The maximum atomic E-state index is 12.9. The highest BCUT2D eigenvalue weighted by Gasteiger charge is 2.44. The van der Waals surface area contributed by atoms with E-state index in [0.29, 0.717) is 16.4 Å². The first-order valence-electron chi connectivity index (χ1n) is 9.42. The molecule has 5 rings (SSSR count). The molecule has 152 valence electrons. The lowest BCUT2D eigenvalue weighted by Crippen LogP contribution is -2.28. The first-order valence-corrected chi connectivity index (χ1v) is 9.42. The van der Waals surface area contributed by atoms with Crippen LogP contribution in [0.15, 0.2) is 54.8 Å². The molecule has 0 bridgehead atoms. The molecule has 0 amide bonds. The molecular formula is C23H18O7. The predicted molar refractivity (Wildman–Crippen MR) is 109 cm³/mol. The molecule has 2 unspecified atom stereocenters. The van der Waals surface area contributed by atoms with Gasteiger partial charge in [0.25, 0.3) is 0 Å². The van der Waals surface area contributed by atoms with E-state index in [9.17, 15) is 14.7 Å². The summed E-state index contributed by atoms with van der Waals surface area (Å²) < 4.78 is 22.3. The van der Waals surface area contributed by atoms with E-state index in [0.717, 1.165) is 11.1 Å².